The molecule has 0 N–H and O–H groups in total. The molecule has 0 fully saturated rings. The second-order valence-electron chi connectivity index (χ2n) is 9.50. The molecular formula is C30H22F3N5O3. The molecule has 3 heterocycles. The van der Waals surface area contributed by atoms with Crippen LogP contribution >= 0.6 is 0 Å². The van der Waals surface area contributed by atoms with Gasteiger partial charge in [-0.2, -0.15) is 5.10 Å². The number of alkyl halides is 3. The first kappa shape index (κ1) is 26.1. The summed E-state index contributed by atoms with van der Waals surface area (Å²) in [6.45, 7) is 0.283. The number of ether oxygens (including phenoxy) is 1. The standard InChI is InChI=1S/C30H22F3N5O3/c1-36-28(39)25-26(21-13-15-34-16-14-21)38(18-22-7-4-6-20-5-2-3-8-24(20)22)35-27(25)37(29(36)40)17-19-9-11-23(12-10-19)41-30(31,32)33/h2-16H,17-18H2,1H3. The summed E-state index contributed by atoms with van der Waals surface area (Å²) in [5, 5.41) is 7.12. The van der Waals surface area contributed by atoms with E-state index in [2.05, 4.69) is 9.72 Å². The molecule has 11 heteroatoms. The third-order valence-corrected chi connectivity index (χ3v) is 6.88. The van der Waals surface area contributed by atoms with Gasteiger partial charge in [-0.15, -0.1) is 13.2 Å². The first-order valence-electron chi connectivity index (χ1n) is 12.6. The fraction of sp³-hybridized carbons (Fsp3) is 0.133. The van der Waals surface area contributed by atoms with E-state index in [-0.39, 0.29) is 23.3 Å². The van der Waals surface area contributed by atoms with Crippen molar-refractivity contribution in [3.8, 4) is 17.0 Å². The van der Waals surface area contributed by atoms with Gasteiger partial charge in [0.05, 0.1) is 18.8 Å². The molecule has 0 radical (unpaired) electrons. The van der Waals surface area contributed by atoms with Crippen molar-refractivity contribution in [2.45, 2.75) is 19.5 Å². The van der Waals surface area contributed by atoms with Crippen molar-refractivity contribution in [3.63, 3.8) is 0 Å². The van der Waals surface area contributed by atoms with E-state index in [1.807, 2.05) is 42.5 Å². The van der Waals surface area contributed by atoms with E-state index < -0.39 is 17.6 Å². The van der Waals surface area contributed by atoms with E-state index in [9.17, 15) is 22.8 Å². The summed E-state index contributed by atoms with van der Waals surface area (Å²) in [6, 6.07) is 22.6. The highest BCUT2D eigenvalue weighted by molar-refractivity contribution is 5.91. The highest BCUT2D eigenvalue weighted by Gasteiger charge is 2.31. The minimum atomic E-state index is -4.82. The average molecular weight is 558 g/mol. The Labute approximate surface area is 230 Å². The monoisotopic (exact) mass is 557 g/mol. The van der Waals surface area contributed by atoms with Crippen LogP contribution < -0.4 is 16.0 Å². The molecule has 8 nitrogen and oxygen atoms in total. The Kier molecular flexibility index (Phi) is 6.41. The van der Waals surface area contributed by atoms with E-state index in [0.717, 1.165) is 20.9 Å². The Hall–Kier alpha value is -5.19. The number of halogens is 3. The van der Waals surface area contributed by atoms with Crippen LogP contribution in [0.1, 0.15) is 11.1 Å². The summed E-state index contributed by atoms with van der Waals surface area (Å²) in [4.78, 5) is 31.0. The number of fused-ring (bicyclic) bond motifs is 2. The van der Waals surface area contributed by atoms with E-state index in [1.54, 1.807) is 29.2 Å². The molecule has 0 unspecified atom stereocenters. The van der Waals surface area contributed by atoms with Crippen molar-refractivity contribution in [1.82, 2.24) is 23.9 Å². The van der Waals surface area contributed by atoms with Crippen molar-refractivity contribution >= 4 is 21.8 Å². The molecule has 0 atom stereocenters. The molecule has 0 aliphatic carbocycles. The summed E-state index contributed by atoms with van der Waals surface area (Å²) in [6.07, 6.45) is -1.59. The van der Waals surface area contributed by atoms with Crippen LogP contribution in [0.2, 0.25) is 0 Å². The molecule has 0 saturated heterocycles. The maximum atomic E-state index is 13.6. The van der Waals surface area contributed by atoms with Crippen molar-refractivity contribution in [1.29, 1.82) is 0 Å². The molecule has 0 aliphatic heterocycles. The van der Waals surface area contributed by atoms with Gasteiger partial charge in [-0.25, -0.2) is 4.79 Å². The zero-order valence-electron chi connectivity index (χ0n) is 21.7. The molecule has 3 aromatic carbocycles. The first-order chi connectivity index (χ1) is 19.7. The lowest BCUT2D eigenvalue weighted by Gasteiger charge is -2.11. The van der Waals surface area contributed by atoms with Crippen LogP contribution in [0, 0.1) is 0 Å². The number of nitrogens with zero attached hydrogens (tertiary/aromatic N) is 5. The zero-order chi connectivity index (χ0) is 28.7. The second-order valence-corrected chi connectivity index (χ2v) is 9.50. The van der Waals surface area contributed by atoms with Crippen LogP contribution in [-0.4, -0.2) is 30.3 Å². The van der Waals surface area contributed by atoms with Crippen LogP contribution in [0.5, 0.6) is 5.75 Å². The Bertz CT molecular complexity index is 2010. The van der Waals surface area contributed by atoms with Crippen molar-refractivity contribution < 1.29 is 17.9 Å². The SMILES string of the molecule is Cn1c(=O)c2c(-c3ccncc3)n(Cc3cccc4ccccc34)nc2n(Cc2ccc(OC(F)(F)F)cc2)c1=O. The lowest BCUT2D eigenvalue weighted by atomic mass is 10.0. The highest BCUT2D eigenvalue weighted by Crippen LogP contribution is 2.29. The Morgan fingerprint density at radius 3 is 2.29 bits per heavy atom. The van der Waals surface area contributed by atoms with Crippen LogP contribution in [0.15, 0.2) is 101 Å². The van der Waals surface area contributed by atoms with Gasteiger partial charge in [0.2, 0.25) is 0 Å². The number of hydrogen-bond acceptors (Lipinski definition) is 5. The lowest BCUT2D eigenvalue weighted by molar-refractivity contribution is -0.274. The smallest absolute Gasteiger partial charge is 0.406 e. The molecule has 0 amide bonds. The van der Waals surface area contributed by atoms with Crippen LogP contribution in [0.3, 0.4) is 0 Å². The number of aromatic nitrogens is 5. The van der Waals surface area contributed by atoms with Gasteiger partial charge in [-0.05, 0) is 46.2 Å². The van der Waals surface area contributed by atoms with Crippen LogP contribution in [0.25, 0.3) is 33.1 Å². The number of benzene rings is 3. The molecule has 6 rings (SSSR count). The normalized spacial score (nSPS) is 11.8. The minimum Gasteiger partial charge on any atom is -0.406 e. The molecular weight excluding hydrogens is 535 g/mol. The van der Waals surface area contributed by atoms with Crippen molar-refractivity contribution in [3.05, 3.63) is 123 Å². The summed E-state index contributed by atoms with van der Waals surface area (Å²) < 4.78 is 45.8. The predicted octanol–water partition coefficient (Wildman–Crippen LogP) is 5.11. The van der Waals surface area contributed by atoms with Crippen LogP contribution in [-0.2, 0) is 20.1 Å². The van der Waals surface area contributed by atoms with Gasteiger partial charge in [0.15, 0.2) is 5.65 Å². The van der Waals surface area contributed by atoms with E-state index in [0.29, 0.717) is 23.4 Å². The van der Waals surface area contributed by atoms with Gasteiger partial charge in [-0.1, -0.05) is 54.6 Å². The molecule has 0 saturated carbocycles. The minimum absolute atomic E-state index is 0.0309. The predicted molar refractivity (Wildman–Crippen MR) is 148 cm³/mol. The summed E-state index contributed by atoms with van der Waals surface area (Å²) >= 11 is 0. The van der Waals surface area contributed by atoms with Gasteiger partial charge in [-0.3, -0.25) is 23.6 Å². The third kappa shape index (κ3) is 4.97. The van der Waals surface area contributed by atoms with Gasteiger partial charge in [0.1, 0.15) is 11.1 Å². The van der Waals surface area contributed by atoms with E-state index >= 15 is 0 Å². The van der Waals surface area contributed by atoms with Gasteiger partial charge >= 0.3 is 12.1 Å². The number of pyridine rings is 1. The molecule has 206 valence electrons. The van der Waals surface area contributed by atoms with E-state index in [4.69, 9.17) is 5.10 Å². The fourth-order valence-corrected chi connectivity index (χ4v) is 4.99. The fourth-order valence-electron chi connectivity index (χ4n) is 4.99. The maximum Gasteiger partial charge on any atom is 0.573 e. The largest absolute Gasteiger partial charge is 0.573 e. The van der Waals surface area contributed by atoms with Gasteiger partial charge in [0, 0.05) is 25.0 Å². The third-order valence-electron chi connectivity index (χ3n) is 6.88. The lowest BCUT2D eigenvalue weighted by Crippen LogP contribution is -2.38. The van der Waals surface area contributed by atoms with Gasteiger partial charge < -0.3 is 4.74 Å². The molecule has 6 aromatic rings. The summed E-state index contributed by atoms with van der Waals surface area (Å²) in [5.41, 5.74) is 1.77. The second kappa shape index (κ2) is 10.1. The Balaban J connectivity index is 1.54. The Morgan fingerprint density at radius 2 is 1.56 bits per heavy atom. The van der Waals surface area contributed by atoms with Crippen LogP contribution in [0.4, 0.5) is 13.2 Å². The van der Waals surface area contributed by atoms with Crippen molar-refractivity contribution in [2.24, 2.45) is 7.05 Å². The quantitative estimate of drug-likeness (QED) is 0.284. The van der Waals surface area contributed by atoms with E-state index in [1.165, 1.54) is 35.9 Å². The maximum absolute atomic E-state index is 13.6. The summed E-state index contributed by atoms with van der Waals surface area (Å²) in [5.74, 6) is -0.376. The zero-order valence-corrected chi connectivity index (χ0v) is 21.7. The Morgan fingerprint density at radius 1 is 0.854 bits per heavy atom. The number of rotatable bonds is 6. The van der Waals surface area contributed by atoms with Gasteiger partial charge in [0.25, 0.3) is 5.56 Å². The molecule has 0 bridgehead atoms. The molecule has 3 aromatic heterocycles. The topological polar surface area (TPSA) is 83.9 Å². The summed E-state index contributed by atoms with van der Waals surface area (Å²) in [7, 11) is 1.39. The number of hydrogen-bond donors (Lipinski definition) is 0. The van der Waals surface area contributed by atoms with Crippen molar-refractivity contribution in [2.75, 3.05) is 0 Å². The first-order valence-corrected chi connectivity index (χ1v) is 12.6. The molecule has 41 heavy (non-hydrogen) atoms. The average Bonchev–Trinajstić information content (AvgIpc) is 3.34. The molecule has 0 aliphatic rings. The highest BCUT2D eigenvalue weighted by atomic mass is 19.4. The molecule has 0 spiro atoms.